The molecule has 8 nitrogen and oxygen atoms in total. The van der Waals surface area contributed by atoms with Gasteiger partial charge in [0.25, 0.3) is 17.2 Å². The lowest BCUT2D eigenvalue weighted by molar-refractivity contribution is -0.384. The van der Waals surface area contributed by atoms with Gasteiger partial charge >= 0.3 is 0 Å². The van der Waals surface area contributed by atoms with E-state index >= 15 is 0 Å². The van der Waals surface area contributed by atoms with Gasteiger partial charge in [0.2, 0.25) is 0 Å². The van der Waals surface area contributed by atoms with Gasteiger partial charge in [0.05, 0.1) is 21.5 Å². The van der Waals surface area contributed by atoms with Gasteiger partial charge in [0.1, 0.15) is 5.82 Å². The van der Waals surface area contributed by atoms with Crippen molar-refractivity contribution >= 4 is 34.3 Å². The summed E-state index contributed by atoms with van der Waals surface area (Å²) in [5.41, 5.74) is 1.50. The number of rotatable bonds is 7. The van der Waals surface area contributed by atoms with Crippen LogP contribution >= 0.6 is 11.8 Å². The number of halogens is 1. The molecule has 5 rings (SSSR count). The number of hydrogen-bond acceptors (Lipinski definition) is 6. The molecular weight excluding hydrogens is 495 g/mol. The van der Waals surface area contributed by atoms with Gasteiger partial charge in [-0.05, 0) is 54.8 Å². The summed E-state index contributed by atoms with van der Waals surface area (Å²) in [7, 11) is 0. The van der Waals surface area contributed by atoms with E-state index in [9.17, 15) is 24.1 Å². The number of nitro groups is 1. The van der Waals surface area contributed by atoms with Crippen LogP contribution in [0, 0.1) is 15.9 Å². The summed E-state index contributed by atoms with van der Waals surface area (Å²) in [5.74, 6) is -0.327. The number of nitro benzene ring substituents is 1. The number of carbonyl (C=O) groups excluding carboxylic acids is 1. The molecule has 0 saturated heterocycles. The molecule has 0 spiro atoms. The van der Waals surface area contributed by atoms with Gasteiger partial charge in [-0.15, -0.1) is 0 Å². The summed E-state index contributed by atoms with van der Waals surface area (Å²) >= 11 is 1.24. The molecule has 1 heterocycles. The van der Waals surface area contributed by atoms with E-state index in [-0.39, 0.29) is 23.2 Å². The quantitative estimate of drug-likeness (QED) is 0.152. The van der Waals surface area contributed by atoms with Crippen LogP contribution in [0.2, 0.25) is 0 Å². The molecule has 10 heteroatoms. The molecule has 0 unspecified atom stereocenters. The standard InChI is InChI=1S/C27H23FN4O4S/c28-19-4-3-7-22(15-19)31-26(34)23-13-10-18(25(33)29-20-5-1-2-6-20)14-24(23)30-27(31)37-16-17-8-11-21(12-9-17)32(35)36/h3-4,7-15,20H,1-2,5-6,16H2,(H,29,33). The van der Waals surface area contributed by atoms with E-state index in [1.54, 1.807) is 36.4 Å². The molecule has 0 bridgehead atoms. The maximum atomic E-state index is 14.1. The normalized spacial score (nSPS) is 13.6. The average molecular weight is 519 g/mol. The third-order valence-corrected chi connectivity index (χ3v) is 7.38. The Morgan fingerprint density at radius 3 is 2.57 bits per heavy atom. The molecule has 37 heavy (non-hydrogen) atoms. The Morgan fingerprint density at radius 1 is 1.11 bits per heavy atom. The molecule has 3 aromatic carbocycles. The molecule has 1 aliphatic rings. The number of thioether (sulfide) groups is 1. The number of benzene rings is 3. The van der Waals surface area contributed by atoms with Crippen LogP contribution in [0.15, 0.2) is 76.7 Å². The third-order valence-electron chi connectivity index (χ3n) is 6.37. The maximum absolute atomic E-state index is 14.1. The van der Waals surface area contributed by atoms with E-state index < -0.39 is 10.7 Å². The number of nitrogens with one attached hydrogen (secondary N) is 1. The van der Waals surface area contributed by atoms with Gasteiger partial charge in [-0.1, -0.05) is 42.8 Å². The van der Waals surface area contributed by atoms with Crippen molar-refractivity contribution in [2.75, 3.05) is 0 Å². The van der Waals surface area contributed by atoms with Crippen LogP contribution in [-0.2, 0) is 5.75 Å². The van der Waals surface area contributed by atoms with E-state index in [0.29, 0.717) is 33.1 Å². The van der Waals surface area contributed by atoms with E-state index in [1.807, 2.05) is 0 Å². The lowest BCUT2D eigenvalue weighted by Crippen LogP contribution is -2.32. The molecule has 1 saturated carbocycles. The lowest BCUT2D eigenvalue weighted by atomic mass is 10.1. The predicted molar refractivity (Wildman–Crippen MR) is 140 cm³/mol. The highest BCUT2D eigenvalue weighted by Gasteiger charge is 2.20. The minimum atomic E-state index is -0.491. The average Bonchev–Trinajstić information content (AvgIpc) is 3.40. The van der Waals surface area contributed by atoms with Crippen molar-refractivity contribution in [3.63, 3.8) is 0 Å². The molecule has 0 atom stereocenters. The zero-order valence-electron chi connectivity index (χ0n) is 19.7. The second kappa shape index (κ2) is 10.5. The summed E-state index contributed by atoms with van der Waals surface area (Å²) in [6.45, 7) is 0. The number of aromatic nitrogens is 2. The SMILES string of the molecule is O=C(NC1CCCC1)c1ccc2c(=O)n(-c3cccc(F)c3)c(SCc3ccc([N+](=O)[O-])cc3)nc2c1. The monoisotopic (exact) mass is 518 g/mol. The summed E-state index contributed by atoms with van der Waals surface area (Å²) in [6.07, 6.45) is 4.11. The van der Waals surface area contributed by atoms with E-state index in [4.69, 9.17) is 4.98 Å². The van der Waals surface area contributed by atoms with Crippen LogP contribution in [-0.4, -0.2) is 26.4 Å². The van der Waals surface area contributed by atoms with Crippen molar-refractivity contribution in [2.24, 2.45) is 0 Å². The fraction of sp³-hybridized carbons (Fsp3) is 0.222. The van der Waals surface area contributed by atoms with Crippen molar-refractivity contribution in [3.05, 3.63) is 104 Å². The van der Waals surface area contributed by atoms with Crippen molar-refractivity contribution < 1.29 is 14.1 Å². The number of non-ortho nitro benzene ring substituents is 1. The molecule has 1 N–H and O–H groups in total. The van der Waals surface area contributed by atoms with Gasteiger partial charge < -0.3 is 5.32 Å². The number of hydrogen-bond donors (Lipinski definition) is 1. The molecule has 0 aliphatic heterocycles. The van der Waals surface area contributed by atoms with E-state index in [1.165, 1.54) is 46.7 Å². The highest BCUT2D eigenvalue weighted by molar-refractivity contribution is 7.98. The Morgan fingerprint density at radius 2 is 1.86 bits per heavy atom. The van der Waals surface area contributed by atoms with Crippen LogP contribution in [0.5, 0.6) is 0 Å². The summed E-state index contributed by atoms with van der Waals surface area (Å²) in [4.78, 5) is 41.5. The summed E-state index contributed by atoms with van der Waals surface area (Å²) in [6, 6.07) is 16.7. The van der Waals surface area contributed by atoms with Crippen molar-refractivity contribution in [3.8, 4) is 5.69 Å². The molecule has 4 aromatic rings. The lowest BCUT2D eigenvalue weighted by Gasteiger charge is -2.15. The zero-order valence-corrected chi connectivity index (χ0v) is 20.5. The molecule has 1 amide bonds. The van der Waals surface area contributed by atoms with Crippen LogP contribution in [0.3, 0.4) is 0 Å². The van der Waals surface area contributed by atoms with Gasteiger partial charge in [-0.3, -0.25) is 24.3 Å². The van der Waals surface area contributed by atoms with E-state index in [0.717, 1.165) is 31.2 Å². The molecule has 0 radical (unpaired) electrons. The number of carbonyl (C=O) groups is 1. The first-order chi connectivity index (χ1) is 17.9. The molecule has 188 valence electrons. The minimum Gasteiger partial charge on any atom is -0.349 e. The minimum absolute atomic E-state index is 0.0161. The van der Waals surface area contributed by atoms with Crippen molar-refractivity contribution in [2.45, 2.75) is 42.6 Å². The highest BCUT2D eigenvalue weighted by atomic mass is 32.2. The van der Waals surface area contributed by atoms with Crippen LogP contribution < -0.4 is 10.9 Å². The predicted octanol–water partition coefficient (Wildman–Crippen LogP) is 5.40. The summed E-state index contributed by atoms with van der Waals surface area (Å²) < 4.78 is 15.4. The number of fused-ring (bicyclic) bond motifs is 1. The van der Waals surface area contributed by atoms with Crippen molar-refractivity contribution in [1.82, 2.24) is 14.9 Å². The Balaban J connectivity index is 1.53. The first kappa shape index (κ1) is 24.6. The van der Waals surface area contributed by atoms with Crippen LogP contribution in [0.25, 0.3) is 16.6 Å². The maximum Gasteiger partial charge on any atom is 0.269 e. The largest absolute Gasteiger partial charge is 0.349 e. The second-order valence-electron chi connectivity index (χ2n) is 8.91. The first-order valence-electron chi connectivity index (χ1n) is 11.9. The first-order valence-corrected chi connectivity index (χ1v) is 12.9. The fourth-order valence-electron chi connectivity index (χ4n) is 4.45. The topological polar surface area (TPSA) is 107 Å². The zero-order chi connectivity index (χ0) is 25.9. The van der Waals surface area contributed by atoms with Gasteiger partial charge in [-0.25, -0.2) is 9.37 Å². The Kier molecular flexibility index (Phi) is 7.00. The number of nitrogens with zero attached hydrogens (tertiary/aromatic N) is 3. The third kappa shape index (κ3) is 5.39. The van der Waals surface area contributed by atoms with Gasteiger partial charge in [-0.2, -0.15) is 0 Å². The van der Waals surface area contributed by atoms with Crippen LogP contribution in [0.1, 0.15) is 41.6 Å². The fourth-order valence-corrected chi connectivity index (χ4v) is 5.42. The molecule has 1 fully saturated rings. The molecular formula is C27H23FN4O4S. The van der Waals surface area contributed by atoms with Gasteiger partial charge in [0, 0.05) is 29.5 Å². The Bertz CT molecular complexity index is 1550. The van der Waals surface area contributed by atoms with Crippen molar-refractivity contribution in [1.29, 1.82) is 0 Å². The summed E-state index contributed by atoms with van der Waals surface area (Å²) in [5, 5.41) is 14.6. The number of amides is 1. The van der Waals surface area contributed by atoms with Gasteiger partial charge in [0.15, 0.2) is 5.16 Å². The van der Waals surface area contributed by atoms with Crippen LogP contribution in [0.4, 0.5) is 10.1 Å². The molecule has 1 aromatic heterocycles. The highest BCUT2D eigenvalue weighted by Crippen LogP contribution is 2.26. The smallest absolute Gasteiger partial charge is 0.269 e. The Hall–Kier alpha value is -4.05. The van der Waals surface area contributed by atoms with E-state index in [2.05, 4.69) is 5.32 Å². The second-order valence-corrected chi connectivity index (χ2v) is 9.86. The molecule has 1 aliphatic carbocycles. The Labute approximate surface area is 215 Å².